The van der Waals surface area contributed by atoms with Crippen molar-refractivity contribution >= 4 is 26.4 Å². The van der Waals surface area contributed by atoms with Crippen LogP contribution in [0.5, 0.6) is 0 Å². The Bertz CT molecular complexity index is 2450. The fourth-order valence-electron chi connectivity index (χ4n) is 8.30. The second-order valence-corrected chi connectivity index (χ2v) is 22.7. The van der Waals surface area contributed by atoms with Crippen LogP contribution in [0.25, 0.3) is 33.4 Å². The first-order valence-electron chi connectivity index (χ1n) is 21.8. The number of hydrogen-bond acceptors (Lipinski definition) is 0. The zero-order valence-corrected chi connectivity index (χ0v) is 45.1. The second kappa shape index (κ2) is 21.5. The molecule has 0 bridgehead atoms. The van der Waals surface area contributed by atoms with Gasteiger partial charge in [-0.3, -0.25) is 0 Å². The van der Waals surface area contributed by atoms with Crippen molar-refractivity contribution < 1.29 is 49.0 Å². The molecule has 5 heteroatoms. The number of hydrogen-bond donors (Lipinski definition) is 0. The first-order chi connectivity index (χ1) is 29.0. The van der Waals surface area contributed by atoms with Crippen molar-refractivity contribution in [3.63, 3.8) is 0 Å². The summed E-state index contributed by atoms with van der Waals surface area (Å²) in [6.45, 7) is 28.0. The van der Waals surface area contributed by atoms with E-state index in [2.05, 4.69) is 156 Å². The zero-order chi connectivity index (χ0) is 45.2. The molecule has 0 amide bonds. The van der Waals surface area contributed by atoms with Crippen LogP contribution < -0.4 is 24.8 Å². The number of fused-ring (bicyclic) bond motifs is 3. The van der Waals surface area contributed by atoms with E-state index in [1.165, 1.54) is 105 Å². The SMILES string of the molecule is CC(C)(C)c1cc2c([c-]c1-c1ccccc1C(C)(C)C)Cc1cc(-c3ccccc3C(C)(C)C)c(C(C)(C)C)cc1-2.Clc1ccc([C](=[Zr+2])c2ccc(Cl)cc2)cc1.[Cl-].[Cl-].c1cc[cH-]c1. The number of rotatable bonds is 4. The summed E-state index contributed by atoms with van der Waals surface area (Å²) >= 11 is 13.1. The average Bonchev–Trinajstić information content (AvgIpc) is 3.91. The third kappa shape index (κ3) is 12.7. The zero-order valence-electron chi connectivity index (χ0n) is 39.6. The van der Waals surface area contributed by atoms with Gasteiger partial charge in [-0.05, 0) is 55.9 Å². The maximum Gasteiger partial charge on any atom is -0.172 e. The molecule has 0 spiro atoms. The summed E-state index contributed by atoms with van der Waals surface area (Å²) in [6.07, 6.45) is 0.925. The summed E-state index contributed by atoms with van der Waals surface area (Å²) in [5.74, 6) is 0. The van der Waals surface area contributed by atoms with Gasteiger partial charge in [-0.1, -0.05) is 166 Å². The normalized spacial score (nSPS) is 12.0. The van der Waals surface area contributed by atoms with Crippen LogP contribution in [0.2, 0.25) is 10.0 Å². The van der Waals surface area contributed by atoms with Crippen LogP contribution in [0.15, 0.2) is 146 Å². The molecule has 0 heterocycles. The average molecular weight is 1000 g/mol. The van der Waals surface area contributed by atoms with Crippen LogP contribution in [-0.2, 0) is 52.3 Å². The molecule has 0 aromatic heterocycles. The summed E-state index contributed by atoms with van der Waals surface area (Å²) in [7, 11) is 0. The van der Waals surface area contributed by atoms with Crippen molar-refractivity contribution in [1.29, 1.82) is 0 Å². The van der Waals surface area contributed by atoms with Gasteiger partial charge in [0, 0.05) is 0 Å². The van der Waals surface area contributed by atoms with Gasteiger partial charge in [-0.2, -0.15) is 18.2 Å². The van der Waals surface area contributed by atoms with Gasteiger partial charge in [0.05, 0.1) is 0 Å². The maximum atomic E-state index is 5.86. The largest absolute Gasteiger partial charge is 1.00 e. The molecule has 7 aromatic carbocycles. The van der Waals surface area contributed by atoms with E-state index in [1.807, 2.05) is 78.9 Å². The Morgan fingerprint density at radius 1 is 0.469 bits per heavy atom. The van der Waals surface area contributed by atoms with Gasteiger partial charge in [0.25, 0.3) is 0 Å². The van der Waals surface area contributed by atoms with Crippen LogP contribution in [0.4, 0.5) is 0 Å². The predicted molar refractivity (Wildman–Crippen MR) is 267 cm³/mol. The third-order valence-electron chi connectivity index (χ3n) is 11.5. The van der Waals surface area contributed by atoms with Crippen LogP contribution in [0.1, 0.15) is 128 Å². The minimum Gasteiger partial charge on any atom is -1.00 e. The quantitative estimate of drug-likeness (QED) is 0.154. The standard InChI is InChI=1S/C41H49.C13H8Cl2.C5H5.2ClH.Zr/c1-38(2,3)34-19-15-13-17-28(34)32-22-26-21-27-23-33(29-18-14-16-20-35(29)39(4,5)6)37(41(10,11)12)25-31(27)30(26)24-36(32)40(7,8)9;14-12-5-1-10(2-6-12)9-11-3-7-13(15)8-4-11;1-2-4-5-3-1;;;/h13-20,22,24-25H,21H2,1-12H3;1-8H;1-5H;2*1H;/q-1;;-1;;;+2/p-2. The summed E-state index contributed by atoms with van der Waals surface area (Å²) < 4.78 is 1.31. The monoisotopic (exact) mass is 1000 g/mol. The van der Waals surface area contributed by atoms with Gasteiger partial charge in [0.1, 0.15) is 0 Å². The number of halogens is 4. The van der Waals surface area contributed by atoms with E-state index in [1.54, 1.807) is 0 Å². The Morgan fingerprint density at radius 2 is 0.891 bits per heavy atom. The Kier molecular flexibility index (Phi) is 17.9. The molecular weight excluding hydrogens is 942 g/mol. The van der Waals surface area contributed by atoms with Crippen LogP contribution in [0, 0.1) is 6.07 Å². The molecule has 0 nitrogen and oxygen atoms in total. The predicted octanol–water partition coefficient (Wildman–Crippen LogP) is 11.1. The molecule has 7 aromatic rings. The molecule has 0 fully saturated rings. The summed E-state index contributed by atoms with van der Waals surface area (Å²) in [6, 6.07) is 55.3. The molecule has 0 saturated carbocycles. The van der Waals surface area contributed by atoms with E-state index in [-0.39, 0.29) is 46.5 Å². The maximum absolute atomic E-state index is 5.86. The van der Waals surface area contributed by atoms with Crippen molar-refractivity contribution in [3.8, 4) is 33.4 Å². The van der Waals surface area contributed by atoms with Crippen molar-refractivity contribution in [1.82, 2.24) is 0 Å². The molecule has 0 atom stereocenters. The molecular formula is C59H62Cl4Zr-2. The molecule has 0 saturated heterocycles. The molecule has 64 heavy (non-hydrogen) atoms. The topological polar surface area (TPSA) is 0 Å². The molecule has 0 unspecified atom stereocenters. The van der Waals surface area contributed by atoms with Crippen molar-refractivity contribution in [3.05, 3.63) is 206 Å². The van der Waals surface area contributed by atoms with Gasteiger partial charge in [0.15, 0.2) is 0 Å². The van der Waals surface area contributed by atoms with Crippen LogP contribution in [0.3, 0.4) is 0 Å². The smallest absolute Gasteiger partial charge is 0.172 e. The third-order valence-corrected chi connectivity index (χ3v) is 13.4. The van der Waals surface area contributed by atoms with Gasteiger partial charge in [0.2, 0.25) is 0 Å². The summed E-state index contributed by atoms with van der Waals surface area (Å²) in [5.41, 5.74) is 19.0. The van der Waals surface area contributed by atoms with Gasteiger partial charge < -0.3 is 24.8 Å². The fraction of sp³-hybridized carbons (Fsp3) is 0.288. The van der Waals surface area contributed by atoms with E-state index in [9.17, 15) is 0 Å². The van der Waals surface area contributed by atoms with Crippen molar-refractivity contribution in [2.75, 3.05) is 0 Å². The van der Waals surface area contributed by atoms with E-state index in [4.69, 9.17) is 23.2 Å². The molecule has 8 rings (SSSR count). The first-order valence-corrected chi connectivity index (χ1v) is 23.8. The summed E-state index contributed by atoms with van der Waals surface area (Å²) in [4.78, 5) is 0. The van der Waals surface area contributed by atoms with Gasteiger partial charge >= 0.3 is 120 Å². The molecule has 1 aliphatic rings. The fourth-order valence-corrected chi connectivity index (χ4v) is 9.37. The second-order valence-electron chi connectivity index (χ2n) is 20.6. The van der Waals surface area contributed by atoms with E-state index in [0.29, 0.717) is 0 Å². The van der Waals surface area contributed by atoms with Crippen molar-refractivity contribution in [2.45, 2.75) is 111 Å². The van der Waals surface area contributed by atoms with E-state index >= 15 is 0 Å². The summed E-state index contributed by atoms with van der Waals surface area (Å²) in [5, 5.41) is 1.53. The Balaban J connectivity index is 0.000000321. The van der Waals surface area contributed by atoms with Gasteiger partial charge in [-0.25, -0.2) is 12.1 Å². The van der Waals surface area contributed by atoms with E-state index in [0.717, 1.165) is 16.5 Å². The Labute approximate surface area is 422 Å². The van der Waals surface area contributed by atoms with Crippen molar-refractivity contribution in [2.24, 2.45) is 0 Å². The molecule has 0 N–H and O–H groups in total. The number of benzene rings is 6. The van der Waals surface area contributed by atoms with Crippen LogP contribution in [-0.4, -0.2) is 3.21 Å². The van der Waals surface area contributed by atoms with Crippen LogP contribution >= 0.6 is 23.2 Å². The minimum atomic E-state index is -0.00689. The minimum absolute atomic E-state index is 0. The Hall–Kier alpha value is -3.42. The first kappa shape index (κ1) is 53.2. The molecule has 0 radical (unpaired) electrons. The molecule has 1 aliphatic carbocycles. The molecule has 0 aliphatic heterocycles. The molecule has 332 valence electrons. The Morgan fingerprint density at radius 3 is 1.33 bits per heavy atom. The van der Waals surface area contributed by atoms with Gasteiger partial charge in [-0.15, -0.1) is 28.8 Å². The van der Waals surface area contributed by atoms with E-state index < -0.39 is 0 Å².